The van der Waals surface area contributed by atoms with E-state index in [0.717, 1.165) is 0 Å². The van der Waals surface area contributed by atoms with E-state index < -0.39 is 38.5 Å². The summed E-state index contributed by atoms with van der Waals surface area (Å²) in [6.45, 7) is 2.04. The molecule has 0 aromatic heterocycles. The summed E-state index contributed by atoms with van der Waals surface area (Å²) in [6, 6.07) is 0. The molecule has 2 rings (SSSR count). The van der Waals surface area contributed by atoms with Crippen LogP contribution < -0.4 is 5.73 Å². The van der Waals surface area contributed by atoms with E-state index in [1.165, 1.54) is 11.4 Å². The highest BCUT2D eigenvalue weighted by atomic mass is 32.2. The molecule has 1 heterocycles. The van der Waals surface area contributed by atoms with Gasteiger partial charge in [0, 0.05) is 13.1 Å². The monoisotopic (exact) mass is 318 g/mol. The average Bonchev–Trinajstić information content (AvgIpc) is 3.05. The fourth-order valence-electron chi connectivity index (χ4n) is 3.23. The van der Waals surface area contributed by atoms with E-state index in [1.54, 1.807) is 6.92 Å². The molecule has 1 amide bonds. The van der Waals surface area contributed by atoms with Crippen molar-refractivity contribution in [1.29, 1.82) is 0 Å². The van der Waals surface area contributed by atoms with Crippen molar-refractivity contribution in [2.75, 3.05) is 20.2 Å². The van der Waals surface area contributed by atoms with Crippen molar-refractivity contribution in [2.24, 2.45) is 17.1 Å². The number of esters is 1. The van der Waals surface area contributed by atoms with Gasteiger partial charge in [-0.05, 0) is 26.2 Å². The van der Waals surface area contributed by atoms with Crippen LogP contribution in [0, 0.1) is 11.3 Å². The normalized spacial score (nSPS) is 34.0. The van der Waals surface area contributed by atoms with E-state index in [2.05, 4.69) is 0 Å². The number of nitrogens with two attached hydrogens (primary N) is 1. The van der Waals surface area contributed by atoms with Gasteiger partial charge in [-0.3, -0.25) is 9.59 Å². The predicted molar refractivity (Wildman–Crippen MR) is 75.6 cm³/mol. The molecule has 0 aromatic rings. The molecular formula is C13H22N2O5S. The SMILES string of the molecule is COC(=O)C1CCCC1S(=O)(=O)N1CCC(C)(C(N)=O)C1. The summed E-state index contributed by atoms with van der Waals surface area (Å²) in [5, 5.41) is -0.750. The van der Waals surface area contributed by atoms with E-state index in [1.807, 2.05) is 0 Å². The third kappa shape index (κ3) is 2.78. The van der Waals surface area contributed by atoms with Crippen molar-refractivity contribution in [3.05, 3.63) is 0 Å². The number of carbonyl (C=O) groups excluding carboxylic acids is 2. The molecule has 1 aliphatic heterocycles. The first-order valence-corrected chi connectivity index (χ1v) is 8.59. The molecule has 2 N–H and O–H groups in total. The van der Waals surface area contributed by atoms with E-state index in [9.17, 15) is 18.0 Å². The van der Waals surface area contributed by atoms with Crippen LogP contribution in [0.5, 0.6) is 0 Å². The number of methoxy groups -OCH3 is 1. The van der Waals surface area contributed by atoms with Crippen LogP contribution in [-0.4, -0.2) is 50.0 Å². The van der Waals surface area contributed by atoms with E-state index in [-0.39, 0.29) is 13.1 Å². The number of nitrogens with zero attached hydrogens (tertiary/aromatic N) is 1. The Bertz CT molecular complexity index is 547. The Balaban J connectivity index is 2.19. The summed E-state index contributed by atoms with van der Waals surface area (Å²) < 4.78 is 31.5. The first-order valence-electron chi connectivity index (χ1n) is 7.09. The summed E-state index contributed by atoms with van der Waals surface area (Å²) in [4.78, 5) is 23.2. The summed E-state index contributed by atoms with van der Waals surface area (Å²) in [6.07, 6.45) is 2.07. The van der Waals surface area contributed by atoms with Crippen LogP contribution in [0.25, 0.3) is 0 Å². The lowest BCUT2D eigenvalue weighted by Crippen LogP contribution is -2.44. The second-order valence-electron chi connectivity index (χ2n) is 6.15. The minimum Gasteiger partial charge on any atom is -0.469 e. The molecule has 0 radical (unpaired) electrons. The van der Waals surface area contributed by atoms with Crippen LogP contribution in [0.1, 0.15) is 32.6 Å². The van der Waals surface area contributed by atoms with Gasteiger partial charge in [-0.1, -0.05) is 6.42 Å². The molecule has 3 unspecified atom stereocenters. The first kappa shape index (κ1) is 16.2. The smallest absolute Gasteiger partial charge is 0.310 e. The molecule has 2 fully saturated rings. The number of rotatable bonds is 4. The Kier molecular flexibility index (Phi) is 4.30. The van der Waals surface area contributed by atoms with Gasteiger partial charge >= 0.3 is 5.97 Å². The molecular weight excluding hydrogens is 296 g/mol. The van der Waals surface area contributed by atoms with Gasteiger partial charge in [0.2, 0.25) is 15.9 Å². The third-order valence-electron chi connectivity index (χ3n) is 4.73. The van der Waals surface area contributed by atoms with Gasteiger partial charge in [-0.2, -0.15) is 0 Å². The van der Waals surface area contributed by atoms with E-state index >= 15 is 0 Å². The van der Waals surface area contributed by atoms with Crippen LogP contribution in [0.2, 0.25) is 0 Å². The van der Waals surface area contributed by atoms with Gasteiger partial charge < -0.3 is 10.5 Å². The number of amides is 1. The summed E-state index contributed by atoms with van der Waals surface area (Å²) in [5.41, 5.74) is 4.53. The molecule has 1 saturated carbocycles. The fourth-order valence-corrected chi connectivity index (χ4v) is 5.55. The Morgan fingerprint density at radius 3 is 2.52 bits per heavy atom. The Labute approximate surface area is 124 Å². The lowest BCUT2D eigenvalue weighted by atomic mass is 9.89. The van der Waals surface area contributed by atoms with E-state index in [0.29, 0.717) is 25.7 Å². The molecule has 1 aliphatic carbocycles. The molecule has 7 nitrogen and oxygen atoms in total. The molecule has 3 atom stereocenters. The summed E-state index contributed by atoms with van der Waals surface area (Å²) in [7, 11) is -2.35. The van der Waals surface area contributed by atoms with Crippen molar-refractivity contribution in [3.63, 3.8) is 0 Å². The fraction of sp³-hybridized carbons (Fsp3) is 0.846. The van der Waals surface area contributed by atoms with Gasteiger partial charge in [0.15, 0.2) is 0 Å². The highest BCUT2D eigenvalue weighted by Crippen LogP contribution is 2.38. The topological polar surface area (TPSA) is 107 Å². The van der Waals surface area contributed by atoms with Crippen LogP contribution in [0.4, 0.5) is 0 Å². The Morgan fingerprint density at radius 1 is 1.33 bits per heavy atom. The summed E-state index contributed by atoms with van der Waals surface area (Å²) in [5.74, 6) is -1.57. The molecule has 0 spiro atoms. The number of ether oxygens (including phenoxy) is 1. The number of carbonyl (C=O) groups is 2. The first-order chi connectivity index (χ1) is 9.72. The minimum atomic E-state index is -3.62. The number of primary amides is 1. The van der Waals surface area contributed by atoms with Crippen LogP contribution >= 0.6 is 0 Å². The number of hydrogen-bond acceptors (Lipinski definition) is 5. The molecule has 0 aromatic carbocycles. The zero-order valence-electron chi connectivity index (χ0n) is 12.4. The average molecular weight is 318 g/mol. The van der Waals surface area contributed by atoms with Gasteiger partial charge in [-0.15, -0.1) is 0 Å². The van der Waals surface area contributed by atoms with Crippen molar-refractivity contribution in [2.45, 2.75) is 37.9 Å². The number of hydrogen-bond donors (Lipinski definition) is 1. The zero-order valence-corrected chi connectivity index (χ0v) is 13.2. The maximum atomic E-state index is 12.7. The van der Waals surface area contributed by atoms with Gasteiger partial charge in [0.05, 0.1) is 23.7 Å². The summed E-state index contributed by atoms with van der Waals surface area (Å²) >= 11 is 0. The van der Waals surface area contributed by atoms with Crippen LogP contribution in [-0.2, 0) is 24.3 Å². The molecule has 8 heteroatoms. The molecule has 2 aliphatic rings. The predicted octanol–water partition coefficient (Wildman–Crippen LogP) is -0.145. The molecule has 120 valence electrons. The van der Waals surface area contributed by atoms with Crippen molar-refractivity contribution in [3.8, 4) is 0 Å². The van der Waals surface area contributed by atoms with Gasteiger partial charge in [-0.25, -0.2) is 12.7 Å². The highest BCUT2D eigenvalue weighted by Gasteiger charge is 2.49. The maximum absolute atomic E-state index is 12.7. The van der Waals surface area contributed by atoms with Crippen molar-refractivity contribution in [1.82, 2.24) is 4.31 Å². The Hall–Kier alpha value is -1.15. The van der Waals surface area contributed by atoms with E-state index in [4.69, 9.17) is 10.5 Å². The second kappa shape index (κ2) is 5.57. The van der Waals surface area contributed by atoms with Gasteiger partial charge in [0.25, 0.3) is 0 Å². The Morgan fingerprint density at radius 2 is 2.00 bits per heavy atom. The third-order valence-corrected chi connectivity index (χ3v) is 7.09. The van der Waals surface area contributed by atoms with Gasteiger partial charge in [0.1, 0.15) is 0 Å². The lowest BCUT2D eigenvalue weighted by molar-refractivity contribution is -0.145. The highest BCUT2D eigenvalue weighted by molar-refractivity contribution is 7.89. The minimum absolute atomic E-state index is 0.0923. The standard InChI is InChI=1S/C13H22N2O5S/c1-13(12(14)17)6-7-15(8-13)21(18,19)10-5-3-4-9(10)11(16)20-2/h9-10H,3-8H2,1-2H3,(H2,14,17). The van der Waals surface area contributed by atoms with Crippen molar-refractivity contribution < 1.29 is 22.7 Å². The lowest BCUT2D eigenvalue weighted by Gasteiger charge is -2.26. The maximum Gasteiger partial charge on any atom is 0.310 e. The quantitative estimate of drug-likeness (QED) is 0.726. The molecule has 0 bridgehead atoms. The molecule has 1 saturated heterocycles. The van der Waals surface area contributed by atoms with Crippen LogP contribution in [0.15, 0.2) is 0 Å². The zero-order chi connectivity index (χ0) is 15.8. The largest absolute Gasteiger partial charge is 0.469 e. The number of sulfonamides is 1. The molecule has 21 heavy (non-hydrogen) atoms. The van der Waals surface area contributed by atoms with Crippen molar-refractivity contribution >= 4 is 21.9 Å². The van der Waals surface area contributed by atoms with Crippen LogP contribution in [0.3, 0.4) is 0 Å². The second-order valence-corrected chi connectivity index (χ2v) is 8.30.